The summed E-state index contributed by atoms with van der Waals surface area (Å²) < 4.78 is 13.0. The lowest BCUT2D eigenvalue weighted by atomic mass is 10.1. The van der Waals surface area contributed by atoms with Gasteiger partial charge >= 0.3 is 0 Å². The minimum Gasteiger partial charge on any atom is -0.348 e. The van der Waals surface area contributed by atoms with Crippen molar-refractivity contribution in [2.24, 2.45) is 5.92 Å². The van der Waals surface area contributed by atoms with E-state index in [4.69, 9.17) is 0 Å². The summed E-state index contributed by atoms with van der Waals surface area (Å²) in [6, 6.07) is 6.22. The van der Waals surface area contributed by atoms with Gasteiger partial charge in [0.25, 0.3) is 0 Å². The summed E-state index contributed by atoms with van der Waals surface area (Å²) in [4.78, 5) is 21.3. The topological polar surface area (TPSA) is 49.0 Å². The van der Waals surface area contributed by atoms with Gasteiger partial charge in [0, 0.05) is 14.1 Å². The number of benzene rings is 1. The summed E-state index contributed by atoms with van der Waals surface area (Å²) in [6.45, 7) is 4.03. The summed E-state index contributed by atoms with van der Waals surface area (Å²) >= 11 is 1.42. The summed E-state index contributed by atoms with van der Waals surface area (Å²) in [6.07, 6.45) is 1.70. The van der Waals surface area contributed by atoms with Gasteiger partial charge < -0.3 is 9.88 Å². The first kappa shape index (κ1) is 16.5. The van der Waals surface area contributed by atoms with Gasteiger partial charge in [0.1, 0.15) is 5.82 Å². The molecule has 0 aliphatic carbocycles. The Bertz CT molecular complexity index is 637. The molecule has 118 valence electrons. The normalized spacial score (nSPS) is 12.5. The van der Waals surface area contributed by atoms with Gasteiger partial charge in [-0.3, -0.25) is 4.79 Å². The summed E-state index contributed by atoms with van der Waals surface area (Å²) in [5.74, 6) is -0.00619. The molecule has 0 radical (unpaired) electrons. The van der Waals surface area contributed by atoms with Crippen LogP contribution in [0.1, 0.15) is 13.8 Å². The minimum atomic E-state index is -0.269. The fourth-order valence-corrected chi connectivity index (χ4v) is 3.09. The first-order valence-electron chi connectivity index (χ1n) is 7.07. The van der Waals surface area contributed by atoms with Crippen molar-refractivity contribution in [2.45, 2.75) is 24.3 Å². The molecule has 1 heterocycles. The van der Waals surface area contributed by atoms with E-state index in [0.29, 0.717) is 5.16 Å². The lowest BCUT2D eigenvalue weighted by Gasteiger charge is -2.22. The quantitative estimate of drug-likeness (QED) is 0.859. The standard InChI is InChI=1S/C16H20FN3OS/c1-10(2)14(15(21)20(3)4)22-16-18-9-13(19-16)11-5-7-12(17)8-6-11/h5-10,14H,1-4H3,(H,18,19). The van der Waals surface area contributed by atoms with E-state index in [1.807, 2.05) is 13.8 Å². The third-order valence-corrected chi connectivity index (χ3v) is 4.67. The zero-order valence-electron chi connectivity index (χ0n) is 13.1. The number of aromatic amines is 1. The number of amides is 1. The Balaban J connectivity index is 2.16. The second kappa shape index (κ2) is 6.96. The maximum atomic E-state index is 13.0. The third kappa shape index (κ3) is 3.88. The minimum absolute atomic E-state index is 0.0692. The van der Waals surface area contributed by atoms with E-state index < -0.39 is 0 Å². The molecular formula is C16H20FN3OS. The molecule has 1 unspecified atom stereocenters. The smallest absolute Gasteiger partial charge is 0.235 e. The highest BCUT2D eigenvalue weighted by molar-refractivity contribution is 8.00. The number of hydrogen-bond acceptors (Lipinski definition) is 3. The van der Waals surface area contributed by atoms with Gasteiger partial charge in [-0.1, -0.05) is 25.6 Å². The molecule has 0 bridgehead atoms. The van der Waals surface area contributed by atoms with Crippen molar-refractivity contribution in [3.63, 3.8) is 0 Å². The number of carbonyl (C=O) groups excluding carboxylic acids is 1. The molecule has 1 aromatic carbocycles. The van der Waals surface area contributed by atoms with E-state index in [2.05, 4.69) is 9.97 Å². The van der Waals surface area contributed by atoms with E-state index in [0.717, 1.165) is 11.3 Å². The fraction of sp³-hybridized carbons (Fsp3) is 0.375. The number of hydrogen-bond donors (Lipinski definition) is 1. The molecular weight excluding hydrogens is 301 g/mol. The van der Waals surface area contributed by atoms with Crippen molar-refractivity contribution >= 4 is 17.7 Å². The Kier molecular flexibility index (Phi) is 5.24. The van der Waals surface area contributed by atoms with E-state index in [1.54, 1.807) is 37.3 Å². The molecule has 2 rings (SSSR count). The van der Waals surface area contributed by atoms with Crippen LogP contribution in [0.25, 0.3) is 11.3 Å². The average Bonchev–Trinajstić information content (AvgIpc) is 2.93. The molecule has 4 nitrogen and oxygen atoms in total. The summed E-state index contributed by atoms with van der Waals surface area (Å²) in [5, 5.41) is 0.496. The molecule has 0 aliphatic heterocycles. The molecule has 1 aromatic heterocycles. The Morgan fingerprint density at radius 3 is 2.45 bits per heavy atom. The molecule has 0 spiro atoms. The van der Waals surface area contributed by atoms with E-state index in [1.165, 1.54) is 23.9 Å². The largest absolute Gasteiger partial charge is 0.348 e. The van der Waals surface area contributed by atoms with Crippen LogP contribution in [0.5, 0.6) is 0 Å². The van der Waals surface area contributed by atoms with Crippen molar-refractivity contribution in [3.05, 3.63) is 36.3 Å². The van der Waals surface area contributed by atoms with E-state index in [9.17, 15) is 9.18 Å². The van der Waals surface area contributed by atoms with Crippen LogP contribution >= 0.6 is 11.8 Å². The van der Waals surface area contributed by atoms with Gasteiger partial charge in [-0.2, -0.15) is 0 Å². The van der Waals surface area contributed by atoms with Crippen LogP contribution in [0.2, 0.25) is 0 Å². The van der Waals surface area contributed by atoms with Crippen LogP contribution in [0, 0.1) is 11.7 Å². The predicted molar refractivity (Wildman–Crippen MR) is 87.2 cm³/mol. The third-order valence-electron chi connectivity index (χ3n) is 3.24. The molecule has 1 atom stereocenters. The Morgan fingerprint density at radius 1 is 1.27 bits per heavy atom. The second-order valence-corrected chi connectivity index (χ2v) is 6.75. The number of aromatic nitrogens is 2. The highest BCUT2D eigenvalue weighted by Gasteiger charge is 2.26. The van der Waals surface area contributed by atoms with Crippen molar-refractivity contribution in [1.82, 2.24) is 14.9 Å². The van der Waals surface area contributed by atoms with Crippen LogP contribution in [-0.4, -0.2) is 40.1 Å². The van der Waals surface area contributed by atoms with Crippen molar-refractivity contribution < 1.29 is 9.18 Å². The molecule has 0 aliphatic rings. The molecule has 0 saturated carbocycles. The number of imidazole rings is 1. The number of halogens is 1. The number of nitrogens with zero attached hydrogens (tertiary/aromatic N) is 2. The van der Waals surface area contributed by atoms with Crippen LogP contribution in [0.3, 0.4) is 0 Å². The number of H-pyrrole nitrogens is 1. The van der Waals surface area contributed by atoms with Crippen molar-refractivity contribution in [2.75, 3.05) is 14.1 Å². The molecule has 1 amide bonds. The number of nitrogens with one attached hydrogen (secondary N) is 1. The van der Waals surface area contributed by atoms with Gasteiger partial charge in [0.15, 0.2) is 5.16 Å². The first-order valence-corrected chi connectivity index (χ1v) is 7.95. The number of carbonyl (C=O) groups is 1. The summed E-state index contributed by atoms with van der Waals surface area (Å²) in [5.41, 5.74) is 1.67. The summed E-state index contributed by atoms with van der Waals surface area (Å²) in [7, 11) is 3.51. The average molecular weight is 321 g/mol. The van der Waals surface area contributed by atoms with Crippen LogP contribution in [0.15, 0.2) is 35.6 Å². The van der Waals surface area contributed by atoms with Gasteiger partial charge in [-0.25, -0.2) is 9.37 Å². The van der Waals surface area contributed by atoms with Gasteiger partial charge in [-0.05, 0) is 35.7 Å². The van der Waals surface area contributed by atoms with E-state index >= 15 is 0 Å². The monoisotopic (exact) mass is 321 g/mol. The molecule has 22 heavy (non-hydrogen) atoms. The van der Waals surface area contributed by atoms with Crippen LogP contribution in [0.4, 0.5) is 4.39 Å². The lowest BCUT2D eigenvalue weighted by Crippen LogP contribution is -2.34. The number of rotatable bonds is 5. The van der Waals surface area contributed by atoms with Gasteiger partial charge in [-0.15, -0.1) is 0 Å². The second-order valence-electron chi connectivity index (χ2n) is 5.62. The zero-order chi connectivity index (χ0) is 16.3. The van der Waals surface area contributed by atoms with E-state index in [-0.39, 0.29) is 22.9 Å². The molecule has 2 aromatic rings. The van der Waals surface area contributed by atoms with Crippen molar-refractivity contribution in [1.29, 1.82) is 0 Å². The first-order chi connectivity index (χ1) is 10.4. The van der Waals surface area contributed by atoms with Crippen LogP contribution in [-0.2, 0) is 4.79 Å². The fourth-order valence-electron chi connectivity index (χ4n) is 1.99. The molecule has 1 N–H and O–H groups in total. The lowest BCUT2D eigenvalue weighted by molar-refractivity contribution is -0.128. The number of thioether (sulfide) groups is 1. The predicted octanol–water partition coefficient (Wildman–Crippen LogP) is 3.42. The zero-order valence-corrected chi connectivity index (χ0v) is 13.9. The molecule has 6 heteroatoms. The van der Waals surface area contributed by atoms with Gasteiger partial charge in [0.05, 0.1) is 17.1 Å². The Labute approximate surface area is 134 Å². The maximum Gasteiger partial charge on any atom is 0.235 e. The van der Waals surface area contributed by atoms with Gasteiger partial charge in [0.2, 0.25) is 5.91 Å². The molecule has 0 saturated heterocycles. The molecule has 0 fully saturated rings. The SMILES string of the molecule is CC(C)C(Sc1ncc(-c2ccc(F)cc2)[nH]1)C(=O)N(C)C. The highest BCUT2D eigenvalue weighted by Crippen LogP contribution is 2.29. The van der Waals surface area contributed by atoms with Crippen molar-refractivity contribution in [3.8, 4) is 11.3 Å². The Hall–Kier alpha value is -1.82. The Morgan fingerprint density at radius 2 is 1.91 bits per heavy atom. The van der Waals surface area contributed by atoms with Crippen LogP contribution < -0.4 is 0 Å². The highest BCUT2D eigenvalue weighted by atomic mass is 32.2. The maximum absolute atomic E-state index is 13.0.